The zero-order valence-electron chi connectivity index (χ0n) is 30.3. The first kappa shape index (κ1) is 38.8. The molecule has 0 heterocycles. The van der Waals surface area contributed by atoms with E-state index < -0.39 is 18.3 Å². The minimum atomic E-state index is -3.79. The molecule has 0 saturated carbocycles. The number of hydrogen-bond donors (Lipinski definition) is 0. The van der Waals surface area contributed by atoms with Crippen molar-refractivity contribution in [1.29, 1.82) is 0 Å². The number of methoxy groups -OCH3 is 1. The van der Waals surface area contributed by atoms with Crippen molar-refractivity contribution >= 4 is 24.0 Å². The molecule has 3 aromatic rings. The van der Waals surface area contributed by atoms with E-state index in [-0.39, 0.29) is 0 Å². The van der Waals surface area contributed by atoms with Crippen LogP contribution in [0.2, 0.25) is 19.1 Å². The number of unbranched alkanes of at least 4 members (excludes halogenated alkanes) is 2. The van der Waals surface area contributed by atoms with Gasteiger partial charge in [-0.05, 0) is 104 Å². The van der Waals surface area contributed by atoms with Gasteiger partial charge in [-0.3, -0.25) is 0 Å². The van der Waals surface area contributed by atoms with Gasteiger partial charge in [0.1, 0.15) is 5.75 Å². The van der Waals surface area contributed by atoms with Crippen molar-refractivity contribution in [3.63, 3.8) is 0 Å². The number of rotatable bonds is 21. The Labute approximate surface area is 287 Å². The van der Waals surface area contributed by atoms with Crippen molar-refractivity contribution in [2.75, 3.05) is 39.3 Å². The lowest BCUT2D eigenvalue weighted by molar-refractivity contribution is 0.214. The summed E-state index contributed by atoms with van der Waals surface area (Å²) >= 11 is 0. The van der Waals surface area contributed by atoms with Crippen LogP contribution in [-0.4, -0.2) is 55.4 Å². The van der Waals surface area contributed by atoms with Gasteiger partial charge >= 0.3 is 0 Å². The van der Waals surface area contributed by atoms with E-state index in [0.717, 1.165) is 54.0 Å². The maximum atomic E-state index is 14.6. The molecule has 260 valence electrons. The molecule has 0 aliphatic rings. The van der Waals surface area contributed by atoms with E-state index in [1.54, 1.807) is 17.5 Å². The van der Waals surface area contributed by atoms with E-state index >= 15 is 0 Å². The monoisotopic (exact) mass is 680 g/mol. The zero-order chi connectivity index (χ0) is 34.5. The van der Waals surface area contributed by atoms with Gasteiger partial charge in [0, 0.05) is 39.5 Å². The van der Waals surface area contributed by atoms with Gasteiger partial charge in [-0.25, -0.2) is 8.42 Å². The number of anilines is 1. The molecule has 8 heteroatoms. The first-order chi connectivity index (χ1) is 22.3. The molecular formula is C39H60N2O4SSi. The minimum absolute atomic E-state index is 0.345. The van der Waals surface area contributed by atoms with Crippen LogP contribution in [0.15, 0.2) is 77.7 Å². The third kappa shape index (κ3) is 12.7. The molecule has 1 atom stereocenters. The molecule has 3 rings (SSSR count). The molecule has 0 N–H and O–H groups in total. The van der Waals surface area contributed by atoms with Crippen LogP contribution in [0, 0.1) is 11.8 Å². The predicted octanol–water partition coefficient (Wildman–Crippen LogP) is 9.40. The third-order valence-corrected chi connectivity index (χ3v) is 13.5. The van der Waals surface area contributed by atoms with E-state index in [1.165, 1.54) is 25.3 Å². The van der Waals surface area contributed by atoms with Gasteiger partial charge in [-0.1, -0.05) is 82.5 Å². The van der Waals surface area contributed by atoms with Crippen LogP contribution < -0.4 is 9.64 Å². The molecular weight excluding hydrogens is 621 g/mol. The molecule has 3 aromatic carbocycles. The number of ether oxygens (including phenoxy) is 1. The van der Waals surface area contributed by atoms with E-state index in [0.29, 0.717) is 36.2 Å². The van der Waals surface area contributed by atoms with E-state index in [2.05, 4.69) is 33.9 Å². The highest BCUT2D eigenvalue weighted by Gasteiger charge is 2.28. The average Bonchev–Trinajstić information content (AvgIpc) is 3.03. The lowest BCUT2D eigenvalue weighted by Gasteiger charge is -2.28. The van der Waals surface area contributed by atoms with Gasteiger partial charge < -0.3 is 14.1 Å². The highest BCUT2D eigenvalue weighted by Crippen LogP contribution is 2.29. The summed E-state index contributed by atoms with van der Waals surface area (Å²) in [6.45, 7) is 13.1. The number of hydrogen-bond acceptors (Lipinski definition) is 5. The molecule has 0 saturated heterocycles. The quantitative estimate of drug-likeness (QED) is 0.0829. The zero-order valence-corrected chi connectivity index (χ0v) is 32.1. The lowest BCUT2D eigenvalue weighted by atomic mass is 9.97. The molecule has 0 amide bonds. The summed E-state index contributed by atoms with van der Waals surface area (Å²) in [7, 11) is 0.135. The molecule has 0 aliphatic carbocycles. The number of sulfonamides is 1. The van der Waals surface area contributed by atoms with Crippen LogP contribution in [0.5, 0.6) is 5.75 Å². The molecule has 0 fully saturated rings. The van der Waals surface area contributed by atoms with E-state index in [4.69, 9.17) is 9.16 Å². The van der Waals surface area contributed by atoms with Gasteiger partial charge in [-0.2, -0.15) is 4.31 Å². The Morgan fingerprint density at radius 2 is 1.53 bits per heavy atom. The smallest absolute Gasteiger partial charge is 0.243 e. The van der Waals surface area contributed by atoms with Gasteiger partial charge in [0.05, 0.1) is 12.0 Å². The molecule has 1 unspecified atom stereocenters. The van der Waals surface area contributed by atoms with Crippen LogP contribution in [0.1, 0.15) is 76.0 Å². The van der Waals surface area contributed by atoms with Crippen molar-refractivity contribution < 1.29 is 17.6 Å². The predicted molar refractivity (Wildman–Crippen MR) is 201 cm³/mol. The summed E-state index contributed by atoms with van der Waals surface area (Å²) in [4.78, 5) is 2.39. The molecule has 47 heavy (non-hydrogen) atoms. The van der Waals surface area contributed by atoms with Gasteiger partial charge in [0.2, 0.25) is 10.0 Å². The maximum absolute atomic E-state index is 14.6. The minimum Gasteiger partial charge on any atom is -0.497 e. The van der Waals surface area contributed by atoms with Gasteiger partial charge in [0.15, 0.2) is 8.32 Å². The SMILES string of the molecule is CCCCC(CCCCN(Cc1ccccc1)S(=O)(=O)c1ccc(N(C)C)cc1Cc1ccc(OC)cc1)CO[Si](C)(C)CC(C)C. The van der Waals surface area contributed by atoms with Crippen molar-refractivity contribution in [3.05, 3.63) is 89.5 Å². The van der Waals surface area contributed by atoms with Crippen LogP contribution >= 0.6 is 0 Å². The number of nitrogens with zero attached hydrogens (tertiary/aromatic N) is 2. The fourth-order valence-corrected chi connectivity index (χ4v) is 10.8. The van der Waals surface area contributed by atoms with Gasteiger partial charge in [0.25, 0.3) is 0 Å². The molecule has 6 nitrogen and oxygen atoms in total. The van der Waals surface area contributed by atoms with Crippen LogP contribution in [-0.2, 0) is 27.4 Å². The molecule has 0 bridgehead atoms. The molecule has 0 aliphatic heterocycles. The van der Waals surface area contributed by atoms with Crippen LogP contribution in [0.4, 0.5) is 5.69 Å². The Hall–Kier alpha value is -2.65. The second-order valence-corrected chi connectivity index (χ2v) is 20.3. The Morgan fingerprint density at radius 3 is 2.15 bits per heavy atom. The first-order valence-corrected chi connectivity index (χ1v) is 22.0. The topological polar surface area (TPSA) is 59.1 Å². The Morgan fingerprint density at radius 1 is 0.851 bits per heavy atom. The van der Waals surface area contributed by atoms with Crippen molar-refractivity contribution in [1.82, 2.24) is 4.31 Å². The summed E-state index contributed by atoms with van der Waals surface area (Å²) in [5.74, 6) is 1.95. The first-order valence-electron chi connectivity index (χ1n) is 17.5. The second-order valence-electron chi connectivity index (χ2n) is 14.2. The summed E-state index contributed by atoms with van der Waals surface area (Å²) in [6, 6.07) is 24.7. The fourth-order valence-electron chi connectivity index (χ4n) is 6.32. The van der Waals surface area contributed by atoms with E-state index in [9.17, 15) is 8.42 Å². The van der Waals surface area contributed by atoms with Crippen molar-refractivity contribution in [3.8, 4) is 5.75 Å². The van der Waals surface area contributed by atoms with Crippen LogP contribution in [0.3, 0.4) is 0 Å². The van der Waals surface area contributed by atoms with Crippen molar-refractivity contribution in [2.24, 2.45) is 11.8 Å². The summed E-state index contributed by atoms with van der Waals surface area (Å²) in [5.41, 5.74) is 3.79. The lowest BCUT2D eigenvalue weighted by Crippen LogP contribution is -2.34. The highest BCUT2D eigenvalue weighted by atomic mass is 32.2. The standard InChI is InChI=1S/C39H60N2O4SSi/c1-9-10-16-35(30-45-47(7,8)31-32(2)3)19-14-15-26-41(29-34-17-12-11-13-18-34)46(42,43)39-25-22-37(40(4)5)28-36(39)27-33-20-23-38(44-6)24-21-33/h11-13,17-18,20-25,28,32,35H,9-10,14-16,19,26-27,29-31H2,1-8H3. The maximum Gasteiger partial charge on any atom is 0.243 e. The molecule has 0 spiro atoms. The average molecular weight is 681 g/mol. The summed E-state index contributed by atoms with van der Waals surface area (Å²) in [6.07, 6.45) is 6.91. The normalized spacial score (nSPS) is 12.9. The van der Waals surface area contributed by atoms with Crippen molar-refractivity contribution in [2.45, 2.75) is 96.3 Å². The Bertz CT molecular complexity index is 1440. The molecule has 0 aromatic heterocycles. The van der Waals surface area contributed by atoms with E-state index in [1.807, 2.05) is 85.7 Å². The fraction of sp³-hybridized carbons (Fsp3) is 0.538. The highest BCUT2D eigenvalue weighted by molar-refractivity contribution is 7.89. The van der Waals surface area contributed by atoms with Gasteiger partial charge in [-0.15, -0.1) is 0 Å². The second kappa shape index (κ2) is 18.8. The number of benzene rings is 3. The summed E-state index contributed by atoms with van der Waals surface area (Å²) < 4.78 is 42.8. The third-order valence-electron chi connectivity index (χ3n) is 8.78. The van der Waals surface area contributed by atoms with Crippen LogP contribution in [0.25, 0.3) is 0 Å². The summed E-state index contributed by atoms with van der Waals surface area (Å²) in [5, 5.41) is 0. The Kier molecular flexibility index (Phi) is 15.5. The Balaban J connectivity index is 1.83. The molecule has 0 radical (unpaired) electrons. The largest absolute Gasteiger partial charge is 0.497 e.